The molecule has 2 saturated heterocycles. The highest BCUT2D eigenvalue weighted by Gasteiger charge is 2.31. The number of imide groups is 1. The third kappa shape index (κ3) is 3.67. The molecule has 0 saturated carbocycles. The quantitative estimate of drug-likeness (QED) is 0.495. The number of fused-ring (bicyclic) bond motifs is 3. The predicted molar refractivity (Wildman–Crippen MR) is 115 cm³/mol. The molecule has 3 aromatic rings. The van der Waals surface area contributed by atoms with Gasteiger partial charge in [-0.25, -0.2) is 0 Å². The number of piperidine rings is 1. The first-order chi connectivity index (χ1) is 14.7. The van der Waals surface area contributed by atoms with E-state index in [1.165, 1.54) is 25.9 Å². The molecule has 2 fully saturated rings. The molecule has 0 radical (unpaired) electrons. The topological polar surface area (TPSA) is 71.8 Å². The Balaban J connectivity index is 1.36. The first kappa shape index (κ1) is 19.1. The van der Waals surface area contributed by atoms with Crippen molar-refractivity contribution in [1.82, 2.24) is 10.2 Å². The summed E-state index contributed by atoms with van der Waals surface area (Å²) in [4.78, 5) is 26.4. The van der Waals surface area contributed by atoms with Crippen LogP contribution in [-0.2, 0) is 9.59 Å². The molecule has 0 aliphatic carbocycles. The maximum atomic E-state index is 12.4. The molecule has 2 amide bonds. The lowest BCUT2D eigenvalue weighted by Crippen LogP contribution is -2.39. The number of nitrogens with one attached hydrogen (secondary N) is 1. The minimum absolute atomic E-state index is 0.208. The molecule has 1 atom stereocenters. The SMILES string of the molecule is O=C1CCC(c2coc3ccc4cc(OCCCN5CCCC5)ccc4c23)C(=O)N1. The van der Waals surface area contributed by atoms with Crippen LogP contribution < -0.4 is 10.1 Å². The molecule has 2 aromatic carbocycles. The number of carbonyl (C=O) groups excluding carboxylic acids is 2. The molecule has 5 rings (SSSR count). The Hall–Kier alpha value is -2.86. The van der Waals surface area contributed by atoms with Crippen molar-refractivity contribution in [3.63, 3.8) is 0 Å². The minimum Gasteiger partial charge on any atom is -0.494 e. The number of carbonyl (C=O) groups is 2. The molecule has 3 heterocycles. The predicted octanol–water partition coefficient (Wildman–Crippen LogP) is 3.97. The van der Waals surface area contributed by atoms with Crippen LogP contribution in [0, 0.1) is 0 Å². The standard InChI is InChI=1S/C24H26N2O4/c27-22-9-7-19(24(28)25-22)20-15-30-21-8-4-16-14-17(5-6-18(16)23(20)21)29-13-3-12-26-10-1-2-11-26/h4-6,8,14-15,19H,1-3,7,9-13H2,(H,25,27,28). The molecule has 0 bridgehead atoms. The second-order valence-electron chi connectivity index (χ2n) is 8.27. The highest BCUT2D eigenvalue weighted by atomic mass is 16.5. The monoisotopic (exact) mass is 406 g/mol. The Kier molecular flexibility index (Phi) is 5.17. The number of hydrogen-bond donors (Lipinski definition) is 1. The summed E-state index contributed by atoms with van der Waals surface area (Å²) in [7, 11) is 0. The Morgan fingerprint density at radius 2 is 2.00 bits per heavy atom. The molecule has 1 aromatic heterocycles. The number of likely N-dealkylation sites (tertiary alicyclic amines) is 1. The highest BCUT2D eigenvalue weighted by Crippen LogP contribution is 2.37. The summed E-state index contributed by atoms with van der Waals surface area (Å²) in [6, 6.07) is 10.0. The van der Waals surface area contributed by atoms with Crippen molar-refractivity contribution in [3.8, 4) is 5.75 Å². The van der Waals surface area contributed by atoms with E-state index >= 15 is 0 Å². The first-order valence-corrected chi connectivity index (χ1v) is 10.8. The van der Waals surface area contributed by atoms with Crippen molar-refractivity contribution in [1.29, 1.82) is 0 Å². The summed E-state index contributed by atoms with van der Waals surface area (Å²) in [5.41, 5.74) is 1.60. The van der Waals surface area contributed by atoms with Gasteiger partial charge in [-0.05, 0) is 73.8 Å². The van der Waals surface area contributed by atoms with Crippen molar-refractivity contribution in [3.05, 3.63) is 42.2 Å². The van der Waals surface area contributed by atoms with Crippen LogP contribution in [0.25, 0.3) is 21.7 Å². The lowest BCUT2D eigenvalue weighted by Gasteiger charge is -2.20. The number of furan rings is 1. The zero-order valence-corrected chi connectivity index (χ0v) is 17.0. The average molecular weight is 406 g/mol. The van der Waals surface area contributed by atoms with Crippen LogP contribution in [0.3, 0.4) is 0 Å². The van der Waals surface area contributed by atoms with E-state index in [1.54, 1.807) is 6.26 Å². The third-order valence-electron chi connectivity index (χ3n) is 6.26. The van der Waals surface area contributed by atoms with Crippen LogP contribution in [0.15, 0.2) is 41.0 Å². The van der Waals surface area contributed by atoms with E-state index in [-0.39, 0.29) is 17.7 Å². The molecule has 0 spiro atoms. The second-order valence-corrected chi connectivity index (χ2v) is 8.27. The van der Waals surface area contributed by atoms with Crippen molar-refractivity contribution < 1.29 is 18.7 Å². The van der Waals surface area contributed by atoms with E-state index in [2.05, 4.69) is 10.2 Å². The molecule has 156 valence electrons. The van der Waals surface area contributed by atoms with Gasteiger partial charge in [-0.15, -0.1) is 0 Å². The Morgan fingerprint density at radius 3 is 2.83 bits per heavy atom. The number of amides is 2. The Bertz CT molecular complexity index is 1100. The van der Waals surface area contributed by atoms with Gasteiger partial charge in [0.15, 0.2) is 0 Å². The largest absolute Gasteiger partial charge is 0.494 e. The third-order valence-corrected chi connectivity index (χ3v) is 6.26. The van der Waals surface area contributed by atoms with Crippen LogP contribution in [0.2, 0.25) is 0 Å². The molecular formula is C24H26N2O4. The molecule has 1 unspecified atom stereocenters. The number of hydrogen-bond acceptors (Lipinski definition) is 5. The summed E-state index contributed by atoms with van der Waals surface area (Å²) in [5, 5.41) is 5.48. The molecule has 6 nitrogen and oxygen atoms in total. The van der Waals surface area contributed by atoms with Crippen molar-refractivity contribution >= 4 is 33.6 Å². The summed E-state index contributed by atoms with van der Waals surface area (Å²) < 4.78 is 11.7. The van der Waals surface area contributed by atoms with Crippen LogP contribution in [0.1, 0.15) is 43.6 Å². The zero-order chi connectivity index (χ0) is 20.5. The zero-order valence-electron chi connectivity index (χ0n) is 17.0. The van der Waals surface area contributed by atoms with Gasteiger partial charge in [0.1, 0.15) is 11.3 Å². The highest BCUT2D eigenvalue weighted by molar-refractivity contribution is 6.10. The van der Waals surface area contributed by atoms with Gasteiger partial charge in [-0.3, -0.25) is 14.9 Å². The van der Waals surface area contributed by atoms with Gasteiger partial charge < -0.3 is 14.1 Å². The summed E-state index contributed by atoms with van der Waals surface area (Å²) in [5.74, 6) is 0.0368. The van der Waals surface area contributed by atoms with E-state index in [1.807, 2.05) is 30.3 Å². The molecule has 2 aliphatic heterocycles. The van der Waals surface area contributed by atoms with E-state index in [9.17, 15) is 9.59 Å². The smallest absolute Gasteiger partial charge is 0.234 e. The number of benzene rings is 2. The lowest BCUT2D eigenvalue weighted by molar-refractivity contribution is -0.134. The summed E-state index contributed by atoms with van der Waals surface area (Å²) in [6.45, 7) is 4.23. The van der Waals surface area contributed by atoms with Crippen LogP contribution in [-0.4, -0.2) is 43.0 Å². The van der Waals surface area contributed by atoms with Gasteiger partial charge in [-0.2, -0.15) is 0 Å². The summed E-state index contributed by atoms with van der Waals surface area (Å²) in [6.07, 6.45) is 6.17. The first-order valence-electron chi connectivity index (χ1n) is 10.8. The normalized spacial score (nSPS) is 20.2. The number of nitrogens with zero attached hydrogens (tertiary/aromatic N) is 1. The Labute approximate surface area is 175 Å². The Morgan fingerprint density at radius 1 is 1.13 bits per heavy atom. The molecule has 1 N–H and O–H groups in total. The van der Waals surface area contributed by atoms with Crippen molar-refractivity contribution in [2.24, 2.45) is 0 Å². The fraction of sp³-hybridized carbons (Fsp3) is 0.417. The van der Waals surface area contributed by atoms with Crippen LogP contribution in [0.5, 0.6) is 5.75 Å². The van der Waals surface area contributed by atoms with E-state index in [0.717, 1.165) is 46.0 Å². The molecule has 30 heavy (non-hydrogen) atoms. The molecule has 6 heteroatoms. The maximum absolute atomic E-state index is 12.4. The molecular weight excluding hydrogens is 380 g/mol. The van der Waals surface area contributed by atoms with Crippen molar-refractivity contribution in [2.75, 3.05) is 26.2 Å². The number of rotatable bonds is 6. The van der Waals surface area contributed by atoms with Gasteiger partial charge in [-0.1, -0.05) is 6.07 Å². The second kappa shape index (κ2) is 8.11. The van der Waals surface area contributed by atoms with Gasteiger partial charge in [0.2, 0.25) is 11.8 Å². The fourth-order valence-corrected chi connectivity index (χ4v) is 4.69. The van der Waals surface area contributed by atoms with E-state index in [4.69, 9.17) is 9.15 Å². The lowest BCUT2D eigenvalue weighted by atomic mass is 9.89. The van der Waals surface area contributed by atoms with Crippen molar-refractivity contribution in [2.45, 2.75) is 38.0 Å². The van der Waals surface area contributed by atoms with Gasteiger partial charge in [0.05, 0.1) is 18.8 Å². The van der Waals surface area contributed by atoms with Gasteiger partial charge in [0.25, 0.3) is 0 Å². The molecule has 2 aliphatic rings. The average Bonchev–Trinajstić information content (AvgIpc) is 3.41. The number of ether oxygens (including phenoxy) is 1. The minimum atomic E-state index is -0.365. The van der Waals surface area contributed by atoms with Gasteiger partial charge in [0, 0.05) is 23.9 Å². The summed E-state index contributed by atoms with van der Waals surface area (Å²) >= 11 is 0. The van der Waals surface area contributed by atoms with Crippen LogP contribution in [0.4, 0.5) is 0 Å². The van der Waals surface area contributed by atoms with E-state index < -0.39 is 0 Å². The maximum Gasteiger partial charge on any atom is 0.234 e. The van der Waals surface area contributed by atoms with E-state index in [0.29, 0.717) is 19.4 Å². The van der Waals surface area contributed by atoms with Gasteiger partial charge >= 0.3 is 0 Å². The fourth-order valence-electron chi connectivity index (χ4n) is 4.69. The van der Waals surface area contributed by atoms with Crippen LogP contribution >= 0.6 is 0 Å².